The highest BCUT2D eigenvalue weighted by atomic mass is 32.7. The summed E-state index contributed by atoms with van der Waals surface area (Å²) in [6.45, 7) is 8.10. The topological polar surface area (TPSA) is 181 Å². The monoisotopic (exact) mass is 885 g/mol. The number of aliphatic hydroxyl groups excluding tert-OH is 1. The Morgan fingerprint density at radius 3 is 1.60 bits per heavy atom. The van der Waals surface area contributed by atoms with Crippen LogP contribution >= 0.6 is 38.5 Å². The molecule has 2 unspecified atom stereocenters. The molecule has 0 spiro atoms. The van der Waals surface area contributed by atoms with Crippen LogP contribution in [0.2, 0.25) is 0 Å². The summed E-state index contributed by atoms with van der Waals surface area (Å²) >= 11 is 1.80. The van der Waals surface area contributed by atoms with Gasteiger partial charge in [0.1, 0.15) is 21.2 Å². The number of ether oxygens (including phenoxy) is 3. The number of unbranched alkanes of at least 4 members (excludes halogenated alkanes) is 16. The molecule has 1 N–H and O–H groups in total. The maximum Gasteiger partial charge on any atom is 0.306 e. The van der Waals surface area contributed by atoms with E-state index < -0.39 is 27.3 Å². The third kappa shape index (κ3) is 46.5. The standard InChI is InChI=1S/C25H50BN3O4PS.C13H28BN3O3PS/c1-3-5-7-9-10-11-12-14-16-18-25(30)33-24(17-15-13-8-6-4-2)19-20-31-21-23(28-29-27)22-32-35-34-26;1-2-3-4-5-6-7-13(18)8-9-19-10-12(16-17-15)11-20-22-21-14/h23-24,26,34H,3-22H2,1-2H3;12-14,18,21H,2-11H2,1H3/t23-,24-,34?;12-,13-,21?/m11/s1/i26T,34D;14T,21D. The average molecular weight is 885 g/mol. The van der Waals surface area contributed by atoms with Crippen LogP contribution in [0, 0.1) is 0 Å². The molecule has 0 saturated heterocycles. The van der Waals surface area contributed by atoms with Gasteiger partial charge in [-0.05, 0) is 45.8 Å². The number of nitrogens with zero attached hydrogens (tertiary/aromatic N) is 6. The lowest BCUT2D eigenvalue weighted by molar-refractivity contribution is -0.150. The van der Waals surface area contributed by atoms with E-state index in [9.17, 15) is 9.90 Å². The average Bonchev–Trinajstić information content (AvgIpc) is 3.25. The molecule has 2 radical (unpaired) electrons. The molecule has 57 heavy (non-hydrogen) atoms. The molecule has 0 bridgehead atoms. The molecular formula is C38H78B2N6O7P2S2. The van der Waals surface area contributed by atoms with Crippen LogP contribution in [0.15, 0.2) is 10.2 Å². The van der Waals surface area contributed by atoms with Gasteiger partial charge in [-0.2, -0.15) is 0 Å². The SMILES string of the molecule is [2H]P([B][3H])SOC[C@@H](COCC[C@@H](CCCCCCC)OC(=O)CCCCCCCCCCC)N=[N+]=[N-].[2H]P([B][3H])SOC[C@@H](COCC[C@H](O)CCCCCCC)N=[N+]=[N-]. The second kappa shape index (κ2) is 49.9. The molecule has 0 aromatic heterocycles. The first-order valence-electron chi connectivity index (χ1n) is 23.5. The first-order valence-corrected chi connectivity index (χ1v) is 26.0. The summed E-state index contributed by atoms with van der Waals surface area (Å²) in [6.07, 6.45) is 25.5. The van der Waals surface area contributed by atoms with Crippen molar-refractivity contribution in [2.24, 2.45) is 10.2 Å². The minimum Gasteiger partial charge on any atom is -0.462 e. The number of carbonyl (C=O) groups excluding carboxylic acids is 1. The quantitative estimate of drug-likeness (QED) is 0.00909. The van der Waals surface area contributed by atoms with E-state index >= 15 is 0 Å². The van der Waals surface area contributed by atoms with E-state index in [4.69, 9.17) is 38.9 Å². The minimum absolute atomic E-state index is 0.114. The van der Waals surface area contributed by atoms with Crippen molar-refractivity contribution in [1.29, 1.82) is 5.23 Å². The number of esters is 1. The van der Waals surface area contributed by atoms with Crippen molar-refractivity contribution in [1.82, 2.24) is 0 Å². The third-order valence-electron chi connectivity index (χ3n) is 9.00. The maximum atomic E-state index is 12.5. The Balaban J connectivity index is 0. The first-order chi connectivity index (χ1) is 29.7. The lowest BCUT2D eigenvalue weighted by Gasteiger charge is -2.19. The van der Waals surface area contributed by atoms with E-state index in [2.05, 4.69) is 40.8 Å². The molecular weight excluding hydrogens is 800 g/mol. The zero-order chi connectivity index (χ0) is 45.4. The zero-order valence-corrected chi connectivity index (χ0v) is 38.9. The molecule has 13 nitrogen and oxygen atoms in total. The van der Waals surface area contributed by atoms with Crippen LogP contribution in [0.4, 0.5) is 0 Å². The summed E-state index contributed by atoms with van der Waals surface area (Å²) in [7, 11) is -0.744. The van der Waals surface area contributed by atoms with E-state index in [0.717, 1.165) is 89.8 Å². The van der Waals surface area contributed by atoms with Crippen LogP contribution in [-0.4, -0.2) is 95.3 Å². The number of carbonyl (C=O) groups is 1. The van der Waals surface area contributed by atoms with Crippen LogP contribution in [-0.2, 0) is 27.4 Å². The summed E-state index contributed by atoms with van der Waals surface area (Å²) in [5.41, 5.74) is 17.3. The Hall–Kier alpha value is -0.420. The Bertz CT molecular complexity index is 1090. The van der Waals surface area contributed by atoms with Gasteiger partial charge in [0.2, 0.25) is 0 Å². The van der Waals surface area contributed by atoms with Crippen molar-refractivity contribution >= 4 is 59.6 Å². The fourth-order valence-electron chi connectivity index (χ4n) is 5.72. The molecule has 0 fully saturated rings. The molecule has 0 aliphatic rings. The molecule has 0 rings (SSSR count). The normalized spacial score (nSPS) is 15.0. The van der Waals surface area contributed by atoms with Crippen molar-refractivity contribution in [2.45, 2.75) is 199 Å². The van der Waals surface area contributed by atoms with E-state index in [1.165, 1.54) is 83.5 Å². The summed E-state index contributed by atoms with van der Waals surface area (Å²) in [5.74, 6) is -0.114. The molecule has 330 valence electrons. The van der Waals surface area contributed by atoms with Gasteiger partial charge in [0.25, 0.3) is 0 Å². The Labute approximate surface area is 366 Å². The van der Waals surface area contributed by atoms with E-state index in [-0.39, 0.29) is 44.6 Å². The molecule has 0 aliphatic heterocycles. The third-order valence-corrected chi connectivity index (χ3v) is 10.8. The van der Waals surface area contributed by atoms with E-state index in [0.29, 0.717) is 32.5 Å². The van der Waals surface area contributed by atoms with Crippen LogP contribution < -0.4 is 0 Å². The Morgan fingerprint density at radius 1 is 0.684 bits per heavy atom. The van der Waals surface area contributed by atoms with Crippen molar-refractivity contribution in [3.63, 3.8) is 0 Å². The van der Waals surface area contributed by atoms with Crippen LogP contribution in [0.5, 0.6) is 0 Å². The highest BCUT2D eigenvalue weighted by molar-refractivity contribution is 8.53. The zero-order valence-electron chi connectivity index (χ0n) is 39.5. The van der Waals surface area contributed by atoms with Crippen molar-refractivity contribution < 1.29 is 32.5 Å². The molecule has 0 saturated carbocycles. The van der Waals surface area contributed by atoms with Crippen molar-refractivity contribution in [3.05, 3.63) is 20.9 Å². The van der Waals surface area contributed by atoms with Gasteiger partial charge in [0.05, 0.1) is 53.8 Å². The molecule has 0 aromatic carbocycles. The summed E-state index contributed by atoms with van der Waals surface area (Å²) in [4.78, 5) is 18.0. The van der Waals surface area contributed by atoms with Gasteiger partial charge in [0, 0.05) is 52.6 Å². The number of rotatable bonds is 45. The van der Waals surface area contributed by atoms with Gasteiger partial charge in [-0.1, -0.05) is 155 Å². The second-order valence-electron chi connectivity index (χ2n) is 14.1. The molecule has 0 heterocycles. The summed E-state index contributed by atoms with van der Waals surface area (Å²) in [6, 6.07) is -0.976. The molecule has 19 heteroatoms. The van der Waals surface area contributed by atoms with Crippen LogP contribution in [0.25, 0.3) is 20.9 Å². The van der Waals surface area contributed by atoms with Crippen LogP contribution in [0.3, 0.4) is 0 Å². The number of hydrogen-bond acceptors (Lipinski definition) is 11. The predicted molar refractivity (Wildman–Crippen MR) is 249 cm³/mol. The Kier molecular flexibility index (Phi) is 44.6. The molecule has 0 amide bonds. The highest BCUT2D eigenvalue weighted by Crippen LogP contribution is 2.25. The van der Waals surface area contributed by atoms with Gasteiger partial charge >= 0.3 is 5.97 Å². The van der Waals surface area contributed by atoms with Gasteiger partial charge < -0.3 is 27.7 Å². The smallest absolute Gasteiger partial charge is 0.306 e. The minimum atomic E-state index is -1.41. The van der Waals surface area contributed by atoms with Gasteiger partial charge in [-0.15, -0.1) is 0 Å². The summed E-state index contributed by atoms with van der Waals surface area (Å²) in [5, 5.41) is 17.1. The van der Waals surface area contributed by atoms with Gasteiger partial charge in [-0.25, -0.2) is 0 Å². The number of hydrogen-bond donors (Lipinski definition) is 1. The maximum absolute atomic E-state index is 12.5. The molecule has 0 aromatic rings. The highest BCUT2D eigenvalue weighted by Gasteiger charge is 2.16. The Morgan fingerprint density at radius 2 is 1.12 bits per heavy atom. The lowest BCUT2D eigenvalue weighted by atomic mass is 10.1. The number of azide groups is 2. The van der Waals surface area contributed by atoms with Crippen LogP contribution in [0.1, 0.15) is 175 Å². The largest absolute Gasteiger partial charge is 0.462 e. The van der Waals surface area contributed by atoms with Crippen molar-refractivity contribution in [3.8, 4) is 0 Å². The first kappa shape index (κ1) is 50.9. The predicted octanol–water partition coefficient (Wildman–Crippen LogP) is 12.2. The van der Waals surface area contributed by atoms with E-state index in [1.54, 1.807) is 0 Å². The van der Waals surface area contributed by atoms with E-state index in [1.807, 2.05) is 0 Å². The fraction of sp³-hybridized carbons (Fsp3) is 0.974. The van der Waals surface area contributed by atoms with Gasteiger partial charge in [0.15, 0.2) is 0 Å². The van der Waals surface area contributed by atoms with Gasteiger partial charge in [-0.3, -0.25) is 4.79 Å². The fourth-order valence-corrected chi connectivity index (χ4v) is 7.01. The van der Waals surface area contributed by atoms with Crippen molar-refractivity contribution in [2.75, 3.05) is 39.6 Å². The summed E-state index contributed by atoms with van der Waals surface area (Å²) < 4.78 is 56.3. The number of aliphatic hydroxyl groups is 1. The second-order valence-corrected chi connectivity index (χ2v) is 17.5. The molecule has 0 aliphatic carbocycles. The molecule has 6 atom stereocenters. The lowest BCUT2D eigenvalue weighted by Crippen LogP contribution is -2.23.